The Morgan fingerprint density at radius 1 is 1.29 bits per heavy atom. The zero-order valence-corrected chi connectivity index (χ0v) is 12.9. The molecule has 0 saturated carbocycles. The molecule has 21 heavy (non-hydrogen) atoms. The zero-order chi connectivity index (χ0) is 14.7. The summed E-state index contributed by atoms with van der Waals surface area (Å²) in [4.78, 5) is 18.8. The minimum Gasteiger partial charge on any atom is -0.335 e. The van der Waals surface area contributed by atoms with Crippen LogP contribution in [0.4, 0.5) is 0 Å². The highest BCUT2D eigenvalue weighted by Crippen LogP contribution is 2.24. The van der Waals surface area contributed by atoms with Gasteiger partial charge in [0, 0.05) is 37.1 Å². The van der Waals surface area contributed by atoms with E-state index in [1.54, 1.807) is 0 Å². The van der Waals surface area contributed by atoms with Crippen LogP contribution in [0.25, 0.3) is 10.6 Å². The summed E-state index contributed by atoms with van der Waals surface area (Å²) in [6.45, 7) is 5.39. The number of aryl methyl sites for hydroxylation is 1. The van der Waals surface area contributed by atoms with Gasteiger partial charge in [0.2, 0.25) is 0 Å². The molecule has 5 heteroatoms. The Balaban J connectivity index is 1.77. The first-order chi connectivity index (χ1) is 10.3. The zero-order valence-electron chi connectivity index (χ0n) is 12.1. The Labute approximate surface area is 128 Å². The van der Waals surface area contributed by atoms with Crippen LogP contribution in [-0.2, 0) is 6.42 Å². The first-order valence-electron chi connectivity index (χ1n) is 7.33. The number of amides is 1. The van der Waals surface area contributed by atoms with Gasteiger partial charge < -0.3 is 10.2 Å². The van der Waals surface area contributed by atoms with Crippen molar-refractivity contribution < 1.29 is 4.79 Å². The average Bonchev–Trinajstić information content (AvgIpc) is 3.05. The first-order valence-corrected chi connectivity index (χ1v) is 8.20. The van der Waals surface area contributed by atoms with Gasteiger partial charge in [-0.1, -0.05) is 31.2 Å². The van der Waals surface area contributed by atoms with Gasteiger partial charge in [-0.05, 0) is 12.0 Å². The lowest BCUT2D eigenvalue weighted by Crippen LogP contribution is -2.46. The number of hydrogen-bond acceptors (Lipinski definition) is 4. The normalized spacial score (nSPS) is 15.2. The van der Waals surface area contributed by atoms with Crippen LogP contribution in [0.1, 0.15) is 23.0 Å². The highest BCUT2D eigenvalue weighted by Gasteiger charge is 2.20. The molecule has 0 atom stereocenters. The monoisotopic (exact) mass is 301 g/mol. The Morgan fingerprint density at radius 2 is 2.00 bits per heavy atom. The van der Waals surface area contributed by atoms with Crippen LogP contribution < -0.4 is 5.32 Å². The largest absolute Gasteiger partial charge is 0.335 e. The number of aromatic nitrogens is 1. The average molecular weight is 301 g/mol. The number of rotatable bonds is 3. The molecule has 1 aliphatic heterocycles. The molecule has 1 aliphatic rings. The minimum absolute atomic E-state index is 0.0455. The lowest BCUT2D eigenvalue weighted by Gasteiger charge is -2.26. The van der Waals surface area contributed by atoms with Crippen LogP contribution in [0.15, 0.2) is 29.6 Å². The van der Waals surface area contributed by atoms with Crippen molar-refractivity contribution in [2.24, 2.45) is 0 Å². The van der Waals surface area contributed by atoms with E-state index in [2.05, 4.69) is 41.5 Å². The summed E-state index contributed by atoms with van der Waals surface area (Å²) in [5, 5.41) is 6.03. The van der Waals surface area contributed by atoms with E-state index in [1.807, 2.05) is 10.3 Å². The third kappa shape index (κ3) is 3.14. The lowest BCUT2D eigenvalue weighted by molar-refractivity contribution is 0.0731. The molecule has 0 spiro atoms. The Bertz CT molecular complexity index is 615. The molecule has 1 aromatic carbocycles. The van der Waals surface area contributed by atoms with Crippen molar-refractivity contribution in [3.8, 4) is 10.6 Å². The van der Waals surface area contributed by atoms with Gasteiger partial charge in [-0.2, -0.15) is 0 Å². The maximum atomic E-state index is 12.4. The lowest BCUT2D eigenvalue weighted by atomic mass is 10.1. The van der Waals surface area contributed by atoms with E-state index in [0.29, 0.717) is 5.69 Å². The van der Waals surface area contributed by atoms with Gasteiger partial charge in [-0.3, -0.25) is 4.79 Å². The molecular weight excluding hydrogens is 282 g/mol. The second kappa shape index (κ2) is 6.37. The maximum absolute atomic E-state index is 12.4. The van der Waals surface area contributed by atoms with Crippen molar-refractivity contribution in [2.75, 3.05) is 26.2 Å². The number of nitrogens with zero attached hydrogens (tertiary/aromatic N) is 2. The molecule has 1 N–H and O–H groups in total. The molecular formula is C16H19N3OS. The van der Waals surface area contributed by atoms with Gasteiger partial charge in [0.1, 0.15) is 10.7 Å². The first kappa shape index (κ1) is 14.2. The third-order valence-corrected chi connectivity index (χ3v) is 4.63. The van der Waals surface area contributed by atoms with Crippen LogP contribution in [0.2, 0.25) is 0 Å². The van der Waals surface area contributed by atoms with Crippen LogP contribution >= 0.6 is 11.3 Å². The minimum atomic E-state index is 0.0455. The molecule has 110 valence electrons. The fraction of sp³-hybridized carbons (Fsp3) is 0.375. The number of thiazole rings is 1. The van der Waals surface area contributed by atoms with Gasteiger partial charge in [0.25, 0.3) is 5.91 Å². The summed E-state index contributed by atoms with van der Waals surface area (Å²) < 4.78 is 0. The van der Waals surface area contributed by atoms with Crippen molar-refractivity contribution in [2.45, 2.75) is 13.3 Å². The second-order valence-electron chi connectivity index (χ2n) is 5.13. The molecule has 1 fully saturated rings. The Hall–Kier alpha value is -1.72. The standard InChI is InChI=1S/C16H19N3OS/c1-2-12-3-5-13(6-4-12)15-18-14(11-21-15)16(20)19-9-7-17-8-10-19/h3-6,11,17H,2,7-10H2,1H3. The maximum Gasteiger partial charge on any atom is 0.273 e. The number of benzene rings is 1. The summed E-state index contributed by atoms with van der Waals surface area (Å²) in [5.41, 5.74) is 2.96. The predicted octanol–water partition coefficient (Wildman–Crippen LogP) is 2.42. The fourth-order valence-corrected chi connectivity index (χ4v) is 3.22. The molecule has 3 rings (SSSR count). The van der Waals surface area contributed by atoms with Crippen molar-refractivity contribution in [3.63, 3.8) is 0 Å². The molecule has 2 heterocycles. The van der Waals surface area contributed by atoms with E-state index in [9.17, 15) is 4.79 Å². The van der Waals surface area contributed by atoms with Crippen LogP contribution in [0.3, 0.4) is 0 Å². The summed E-state index contributed by atoms with van der Waals surface area (Å²) in [7, 11) is 0. The molecule has 0 bridgehead atoms. The summed E-state index contributed by atoms with van der Waals surface area (Å²) >= 11 is 1.53. The van der Waals surface area contributed by atoms with E-state index in [0.717, 1.165) is 43.2 Å². The van der Waals surface area contributed by atoms with Gasteiger partial charge in [0.05, 0.1) is 0 Å². The second-order valence-corrected chi connectivity index (χ2v) is 5.99. The molecule has 4 nitrogen and oxygen atoms in total. The molecule has 0 radical (unpaired) electrons. The van der Waals surface area contributed by atoms with Crippen molar-refractivity contribution >= 4 is 17.2 Å². The molecule has 1 aromatic heterocycles. The number of piperazine rings is 1. The van der Waals surface area contributed by atoms with Gasteiger partial charge in [0.15, 0.2) is 0 Å². The number of nitrogens with one attached hydrogen (secondary N) is 1. The van der Waals surface area contributed by atoms with E-state index in [1.165, 1.54) is 16.9 Å². The van der Waals surface area contributed by atoms with Crippen molar-refractivity contribution in [3.05, 3.63) is 40.9 Å². The predicted molar refractivity (Wildman–Crippen MR) is 85.7 cm³/mol. The summed E-state index contributed by atoms with van der Waals surface area (Å²) in [6, 6.07) is 8.40. The number of hydrogen-bond donors (Lipinski definition) is 1. The summed E-state index contributed by atoms with van der Waals surface area (Å²) in [5.74, 6) is 0.0455. The smallest absolute Gasteiger partial charge is 0.273 e. The van der Waals surface area contributed by atoms with E-state index >= 15 is 0 Å². The highest BCUT2D eigenvalue weighted by molar-refractivity contribution is 7.13. The van der Waals surface area contributed by atoms with Crippen molar-refractivity contribution in [1.29, 1.82) is 0 Å². The number of carbonyl (C=O) groups is 1. The highest BCUT2D eigenvalue weighted by atomic mass is 32.1. The SMILES string of the molecule is CCc1ccc(-c2nc(C(=O)N3CCNCC3)cs2)cc1. The molecule has 2 aromatic rings. The molecule has 0 aliphatic carbocycles. The fourth-order valence-electron chi connectivity index (χ4n) is 2.42. The summed E-state index contributed by atoms with van der Waals surface area (Å²) in [6.07, 6.45) is 1.03. The molecule has 1 amide bonds. The van der Waals surface area contributed by atoms with Crippen molar-refractivity contribution in [1.82, 2.24) is 15.2 Å². The number of carbonyl (C=O) groups excluding carboxylic acids is 1. The van der Waals surface area contributed by atoms with E-state index in [4.69, 9.17) is 0 Å². The third-order valence-electron chi connectivity index (χ3n) is 3.74. The Morgan fingerprint density at radius 3 is 2.67 bits per heavy atom. The molecule has 1 saturated heterocycles. The van der Waals surface area contributed by atoms with Crippen LogP contribution in [0.5, 0.6) is 0 Å². The van der Waals surface area contributed by atoms with Gasteiger partial charge in [-0.25, -0.2) is 4.98 Å². The van der Waals surface area contributed by atoms with E-state index in [-0.39, 0.29) is 5.91 Å². The Kier molecular flexibility index (Phi) is 4.31. The molecule has 0 unspecified atom stereocenters. The quantitative estimate of drug-likeness (QED) is 0.947. The van der Waals surface area contributed by atoms with Gasteiger partial charge in [-0.15, -0.1) is 11.3 Å². The van der Waals surface area contributed by atoms with Crippen LogP contribution in [-0.4, -0.2) is 42.0 Å². The van der Waals surface area contributed by atoms with Gasteiger partial charge >= 0.3 is 0 Å². The van der Waals surface area contributed by atoms with E-state index < -0.39 is 0 Å². The van der Waals surface area contributed by atoms with Crippen LogP contribution in [0, 0.1) is 0 Å². The topological polar surface area (TPSA) is 45.2 Å².